The van der Waals surface area contributed by atoms with E-state index < -0.39 is 0 Å². The standard InChI is InChI=1S/C15H15N3O/c1-3-8-19-15-13(10-16)9-14(11(2)18-15)12-4-6-17-7-5-12/h4-7,9H,3,8H2,1-2H3. The van der Waals surface area contributed by atoms with Gasteiger partial charge in [-0.2, -0.15) is 5.26 Å². The quantitative estimate of drug-likeness (QED) is 0.840. The van der Waals surface area contributed by atoms with Gasteiger partial charge in [0.1, 0.15) is 11.6 Å². The molecule has 4 nitrogen and oxygen atoms in total. The van der Waals surface area contributed by atoms with E-state index in [1.165, 1.54) is 0 Å². The third-order valence-corrected chi connectivity index (χ3v) is 2.73. The average molecular weight is 253 g/mol. The summed E-state index contributed by atoms with van der Waals surface area (Å²) in [4.78, 5) is 8.38. The molecule has 2 aromatic heterocycles. The smallest absolute Gasteiger partial charge is 0.231 e. The van der Waals surface area contributed by atoms with E-state index in [9.17, 15) is 5.26 Å². The van der Waals surface area contributed by atoms with E-state index in [1.54, 1.807) is 12.4 Å². The molecule has 0 aromatic carbocycles. The van der Waals surface area contributed by atoms with Crippen molar-refractivity contribution in [3.63, 3.8) is 0 Å². The molecule has 2 rings (SSSR count). The predicted octanol–water partition coefficient (Wildman–Crippen LogP) is 3.11. The molecule has 2 aromatic rings. The molecule has 0 amide bonds. The molecule has 0 spiro atoms. The molecule has 0 N–H and O–H groups in total. The van der Waals surface area contributed by atoms with Crippen LogP contribution >= 0.6 is 0 Å². The maximum absolute atomic E-state index is 9.20. The SMILES string of the molecule is CCCOc1nc(C)c(-c2ccncc2)cc1C#N. The van der Waals surface area contributed by atoms with Crippen LogP contribution in [0.2, 0.25) is 0 Å². The summed E-state index contributed by atoms with van der Waals surface area (Å²) < 4.78 is 5.50. The van der Waals surface area contributed by atoms with Crippen molar-refractivity contribution in [1.29, 1.82) is 5.26 Å². The first kappa shape index (κ1) is 13.0. The van der Waals surface area contributed by atoms with Gasteiger partial charge in [0, 0.05) is 23.7 Å². The van der Waals surface area contributed by atoms with Crippen LogP contribution in [0.25, 0.3) is 11.1 Å². The monoisotopic (exact) mass is 253 g/mol. The molecule has 0 saturated carbocycles. The number of hydrogen-bond donors (Lipinski definition) is 0. The third kappa shape index (κ3) is 2.89. The van der Waals surface area contributed by atoms with Crippen molar-refractivity contribution in [2.24, 2.45) is 0 Å². The Balaban J connectivity index is 2.46. The highest BCUT2D eigenvalue weighted by Crippen LogP contribution is 2.27. The topological polar surface area (TPSA) is 58.8 Å². The first-order valence-electron chi connectivity index (χ1n) is 6.21. The number of hydrogen-bond acceptors (Lipinski definition) is 4. The summed E-state index contributed by atoms with van der Waals surface area (Å²) in [5, 5.41) is 9.20. The highest BCUT2D eigenvalue weighted by Gasteiger charge is 2.11. The second-order valence-electron chi connectivity index (χ2n) is 4.17. The van der Waals surface area contributed by atoms with Gasteiger partial charge in [-0.25, -0.2) is 4.98 Å². The Labute approximate surface area is 112 Å². The summed E-state index contributed by atoms with van der Waals surface area (Å²) in [7, 11) is 0. The Morgan fingerprint density at radius 2 is 2.05 bits per heavy atom. The summed E-state index contributed by atoms with van der Waals surface area (Å²) in [6, 6.07) is 7.76. The Morgan fingerprint density at radius 1 is 1.32 bits per heavy atom. The van der Waals surface area contributed by atoms with Gasteiger partial charge < -0.3 is 4.74 Å². The number of nitrogens with zero attached hydrogens (tertiary/aromatic N) is 3. The largest absolute Gasteiger partial charge is 0.477 e. The van der Waals surface area contributed by atoms with Gasteiger partial charge in [-0.05, 0) is 37.1 Å². The zero-order valence-corrected chi connectivity index (χ0v) is 11.1. The zero-order chi connectivity index (χ0) is 13.7. The summed E-state index contributed by atoms with van der Waals surface area (Å²) in [6.45, 7) is 4.50. The number of aryl methyl sites for hydroxylation is 1. The molecule has 0 aliphatic carbocycles. The van der Waals surface area contributed by atoms with Crippen molar-refractivity contribution in [3.8, 4) is 23.1 Å². The van der Waals surface area contributed by atoms with E-state index in [2.05, 4.69) is 16.0 Å². The van der Waals surface area contributed by atoms with E-state index >= 15 is 0 Å². The Kier molecular flexibility index (Phi) is 4.09. The van der Waals surface area contributed by atoms with E-state index in [4.69, 9.17) is 4.74 Å². The minimum absolute atomic E-state index is 0.416. The van der Waals surface area contributed by atoms with Crippen molar-refractivity contribution in [1.82, 2.24) is 9.97 Å². The van der Waals surface area contributed by atoms with Crippen molar-refractivity contribution in [2.45, 2.75) is 20.3 Å². The summed E-state index contributed by atoms with van der Waals surface area (Å²) in [5.74, 6) is 0.416. The van der Waals surface area contributed by atoms with Crippen LogP contribution < -0.4 is 4.74 Å². The van der Waals surface area contributed by atoms with Crippen molar-refractivity contribution in [2.75, 3.05) is 6.61 Å². The highest BCUT2D eigenvalue weighted by molar-refractivity contribution is 5.68. The zero-order valence-electron chi connectivity index (χ0n) is 11.1. The fourth-order valence-corrected chi connectivity index (χ4v) is 1.80. The Hall–Kier alpha value is -2.41. The summed E-state index contributed by atoms with van der Waals surface area (Å²) in [6.07, 6.45) is 4.34. The normalized spacial score (nSPS) is 9.95. The molecule has 96 valence electrons. The average Bonchev–Trinajstić information content (AvgIpc) is 2.46. The van der Waals surface area contributed by atoms with Crippen LogP contribution in [-0.4, -0.2) is 16.6 Å². The van der Waals surface area contributed by atoms with Crippen molar-refractivity contribution in [3.05, 3.63) is 41.9 Å². The van der Waals surface area contributed by atoms with Gasteiger partial charge in [-0.15, -0.1) is 0 Å². The van der Waals surface area contributed by atoms with Crippen molar-refractivity contribution < 1.29 is 4.74 Å². The van der Waals surface area contributed by atoms with Crippen LogP contribution in [0.5, 0.6) is 5.88 Å². The second kappa shape index (κ2) is 5.96. The second-order valence-corrected chi connectivity index (χ2v) is 4.17. The van der Waals surface area contributed by atoms with E-state index in [0.717, 1.165) is 23.2 Å². The van der Waals surface area contributed by atoms with Crippen molar-refractivity contribution >= 4 is 0 Å². The van der Waals surface area contributed by atoms with Gasteiger partial charge in [0.25, 0.3) is 0 Å². The molecule has 0 radical (unpaired) electrons. The van der Waals surface area contributed by atoms with Gasteiger partial charge in [0.2, 0.25) is 5.88 Å². The van der Waals surface area contributed by atoms with E-state index in [-0.39, 0.29) is 0 Å². The molecule has 0 bridgehead atoms. The van der Waals surface area contributed by atoms with Crippen LogP contribution in [-0.2, 0) is 0 Å². The molecule has 0 saturated heterocycles. The van der Waals surface area contributed by atoms with Gasteiger partial charge in [-0.1, -0.05) is 6.92 Å². The Morgan fingerprint density at radius 3 is 2.68 bits per heavy atom. The molecule has 0 aliphatic rings. The minimum Gasteiger partial charge on any atom is -0.477 e. The number of pyridine rings is 2. The minimum atomic E-state index is 0.416. The molecule has 0 aliphatic heterocycles. The van der Waals surface area contributed by atoms with E-state index in [1.807, 2.05) is 32.0 Å². The number of rotatable bonds is 4. The molecule has 0 atom stereocenters. The van der Waals surface area contributed by atoms with Crippen LogP contribution in [0, 0.1) is 18.3 Å². The van der Waals surface area contributed by atoms with Crippen LogP contribution in [0.15, 0.2) is 30.6 Å². The van der Waals surface area contributed by atoms with Gasteiger partial charge in [0.15, 0.2) is 0 Å². The molecule has 19 heavy (non-hydrogen) atoms. The first-order valence-corrected chi connectivity index (χ1v) is 6.21. The molecular weight excluding hydrogens is 238 g/mol. The van der Waals surface area contributed by atoms with Gasteiger partial charge in [0.05, 0.1) is 6.61 Å². The summed E-state index contributed by atoms with van der Waals surface area (Å²) >= 11 is 0. The van der Waals surface area contributed by atoms with Gasteiger partial charge >= 0.3 is 0 Å². The lowest BCUT2D eigenvalue weighted by Crippen LogP contribution is -2.02. The molecule has 0 fully saturated rings. The lowest BCUT2D eigenvalue weighted by atomic mass is 10.0. The number of nitriles is 1. The highest BCUT2D eigenvalue weighted by atomic mass is 16.5. The number of ether oxygens (including phenoxy) is 1. The lowest BCUT2D eigenvalue weighted by Gasteiger charge is -2.10. The predicted molar refractivity (Wildman–Crippen MR) is 72.7 cm³/mol. The van der Waals surface area contributed by atoms with Gasteiger partial charge in [-0.3, -0.25) is 4.98 Å². The lowest BCUT2D eigenvalue weighted by molar-refractivity contribution is 0.304. The fraction of sp³-hybridized carbons (Fsp3) is 0.267. The van der Waals surface area contributed by atoms with Crippen LogP contribution in [0.3, 0.4) is 0 Å². The third-order valence-electron chi connectivity index (χ3n) is 2.73. The molecule has 0 unspecified atom stereocenters. The van der Waals surface area contributed by atoms with E-state index in [0.29, 0.717) is 18.1 Å². The summed E-state index contributed by atoms with van der Waals surface area (Å²) in [5.41, 5.74) is 3.24. The first-order chi connectivity index (χ1) is 9.26. The maximum atomic E-state index is 9.20. The molecule has 4 heteroatoms. The molecular formula is C15H15N3O. The van der Waals surface area contributed by atoms with Crippen LogP contribution in [0.1, 0.15) is 24.6 Å². The van der Waals surface area contributed by atoms with Crippen LogP contribution in [0.4, 0.5) is 0 Å². The molecule has 2 heterocycles. The Bertz CT molecular complexity index is 603. The maximum Gasteiger partial charge on any atom is 0.231 e. The number of aromatic nitrogens is 2. The fourth-order valence-electron chi connectivity index (χ4n) is 1.80.